The average Bonchev–Trinajstić information content (AvgIpc) is 3.22. The molecule has 6 nitrogen and oxygen atoms in total. The number of hydrogen-bond donors (Lipinski definition) is 0. The monoisotopic (exact) mass is 376 g/mol. The molecule has 0 saturated heterocycles. The van der Waals surface area contributed by atoms with Crippen molar-refractivity contribution >= 4 is 27.9 Å². The van der Waals surface area contributed by atoms with Crippen LogP contribution in [0.25, 0.3) is 26.9 Å². The van der Waals surface area contributed by atoms with Crippen LogP contribution >= 0.6 is 22.9 Å². The Morgan fingerprint density at radius 1 is 1.20 bits per heavy atom. The van der Waals surface area contributed by atoms with Crippen molar-refractivity contribution in [2.45, 2.75) is 27.3 Å². The van der Waals surface area contributed by atoms with E-state index in [1.54, 1.807) is 4.52 Å². The van der Waals surface area contributed by atoms with Gasteiger partial charge in [0.15, 0.2) is 10.8 Å². The van der Waals surface area contributed by atoms with E-state index in [9.17, 15) is 4.39 Å². The van der Waals surface area contributed by atoms with Crippen molar-refractivity contribution < 1.29 is 4.39 Å². The fourth-order valence-corrected chi connectivity index (χ4v) is 4.03. The minimum atomic E-state index is -0.417. The van der Waals surface area contributed by atoms with Crippen molar-refractivity contribution in [2.75, 3.05) is 0 Å². The average molecular weight is 377 g/mol. The smallest absolute Gasteiger partial charge is 0.235 e. The molecule has 0 saturated carbocycles. The maximum absolute atomic E-state index is 14.2. The van der Waals surface area contributed by atoms with Crippen LogP contribution in [0.2, 0.25) is 5.02 Å². The first kappa shape index (κ1) is 16.2. The predicted octanol–water partition coefficient (Wildman–Crippen LogP) is 4.15. The molecule has 4 rings (SSSR count). The summed E-state index contributed by atoms with van der Waals surface area (Å²) in [5.74, 6) is -0.0879. The first-order valence-electron chi connectivity index (χ1n) is 7.71. The molecule has 4 aromatic rings. The molecular weight excluding hydrogens is 363 g/mol. The highest BCUT2D eigenvalue weighted by Gasteiger charge is 2.21. The summed E-state index contributed by atoms with van der Waals surface area (Å²) in [4.78, 5) is 0.590. The SMILES string of the molecule is CCn1nc(C)c(-c2nn3c(-c4cc(Cl)ccc4F)nnc3s2)c1C. The molecule has 25 heavy (non-hydrogen) atoms. The van der Waals surface area contributed by atoms with Crippen molar-refractivity contribution in [3.63, 3.8) is 0 Å². The highest BCUT2D eigenvalue weighted by Crippen LogP contribution is 2.33. The van der Waals surface area contributed by atoms with E-state index in [-0.39, 0.29) is 5.56 Å². The van der Waals surface area contributed by atoms with Gasteiger partial charge in [-0.1, -0.05) is 22.9 Å². The zero-order valence-electron chi connectivity index (χ0n) is 13.8. The van der Waals surface area contributed by atoms with E-state index < -0.39 is 5.82 Å². The van der Waals surface area contributed by atoms with Crippen LogP contribution in [0, 0.1) is 19.7 Å². The van der Waals surface area contributed by atoms with Crippen molar-refractivity contribution in [3.05, 3.63) is 40.4 Å². The van der Waals surface area contributed by atoms with Crippen LogP contribution in [-0.4, -0.2) is 29.6 Å². The second-order valence-corrected chi connectivity index (χ2v) is 7.00. The van der Waals surface area contributed by atoms with Crippen molar-refractivity contribution in [1.82, 2.24) is 29.6 Å². The van der Waals surface area contributed by atoms with Gasteiger partial charge < -0.3 is 0 Å². The summed E-state index contributed by atoms with van der Waals surface area (Å²) in [6, 6.07) is 4.33. The van der Waals surface area contributed by atoms with E-state index >= 15 is 0 Å². The zero-order valence-corrected chi connectivity index (χ0v) is 15.4. The molecule has 3 aromatic heterocycles. The Hall–Kier alpha value is -2.32. The standard InChI is InChI=1S/C16H14ClFN6S/c1-4-23-9(3)13(8(2)21-23)15-22-24-14(19-20-16(24)25-15)11-7-10(17)5-6-12(11)18/h5-7H,4H2,1-3H3. The second kappa shape index (κ2) is 5.89. The van der Waals surface area contributed by atoms with E-state index in [2.05, 4.69) is 20.4 Å². The molecule has 0 unspecified atom stereocenters. The second-order valence-electron chi connectivity index (χ2n) is 5.61. The third kappa shape index (κ3) is 2.52. The van der Waals surface area contributed by atoms with Crippen LogP contribution < -0.4 is 0 Å². The molecule has 0 radical (unpaired) electrons. The number of nitrogens with zero attached hydrogens (tertiary/aromatic N) is 6. The van der Waals surface area contributed by atoms with Gasteiger partial charge >= 0.3 is 0 Å². The van der Waals surface area contributed by atoms with Gasteiger partial charge in [-0.15, -0.1) is 10.2 Å². The number of benzene rings is 1. The van der Waals surface area contributed by atoms with E-state index in [0.717, 1.165) is 28.5 Å². The summed E-state index contributed by atoms with van der Waals surface area (Å²) >= 11 is 7.39. The van der Waals surface area contributed by atoms with E-state index in [1.807, 2.05) is 25.5 Å². The molecule has 0 spiro atoms. The Labute approximate surface area is 151 Å². The summed E-state index contributed by atoms with van der Waals surface area (Å²) in [6.45, 7) is 6.80. The molecule has 0 aliphatic heterocycles. The molecule has 3 heterocycles. The van der Waals surface area contributed by atoms with E-state index in [1.165, 1.54) is 29.5 Å². The minimum Gasteiger partial charge on any atom is -0.269 e. The number of aryl methyl sites for hydroxylation is 2. The molecule has 0 fully saturated rings. The number of fused-ring (bicyclic) bond motifs is 1. The van der Waals surface area contributed by atoms with Crippen molar-refractivity contribution in [1.29, 1.82) is 0 Å². The Bertz CT molecular complexity index is 1100. The Morgan fingerprint density at radius 3 is 2.72 bits per heavy atom. The molecule has 0 N–H and O–H groups in total. The quantitative estimate of drug-likeness (QED) is 0.539. The first-order valence-corrected chi connectivity index (χ1v) is 8.91. The van der Waals surface area contributed by atoms with Gasteiger partial charge in [-0.2, -0.15) is 14.7 Å². The van der Waals surface area contributed by atoms with Gasteiger partial charge in [-0.3, -0.25) is 4.68 Å². The zero-order chi connectivity index (χ0) is 17.7. The largest absolute Gasteiger partial charge is 0.269 e. The topological polar surface area (TPSA) is 60.9 Å². The third-order valence-corrected chi connectivity index (χ3v) is 5.21. The lowest BCUT2D eigenvalue weighted by atomic mass is 10.2. The van der Waals surface area contributed by atoms with Crippen LogP contribution in [0.3, 0.4) is 0 Å². The molecule has 0 amide bonds. The van der Waals surface area contributed by atoms with Crippen LogP contribution in [0.5, 0.6) is 0 Å². The van der Waals surface area contributed by atoms with Crippen LogP contribution in [0.15, 0.2) is 18.2 Å². The lowest BCUT2D eigenvalue weighted by Crippen LogP contribution is -1.98. The van der Waals surface area contributed by atoms with Crippen LogP contribution in [0.1, 0.15) is 18.3 Å². The Kier molecular flexibility index (Phi) is 3.81. The molecule has 0 bridgehead atoms. The lowest BCUT2D eigenvalue weighted by Gasteiger charge is -2.01. The highest BCUT2D eigenvalue weighted by molar-refractivity contribution is 7.19. The van der Waals surface area contributed by atoms with Crippen molar-refractivity contribution in [3.8, 4) is 22.0 Å². The fourth-order valence-electron chi connectivity index (χ4n) is 2.87. The Balaban J connectivity index is 1.90. The number of aromatic nitrogens is 6. The van der Waals surface area contributed by atoms with Gasteiger partial charge in [0.05, 0.1) is 16.8 Å². The van der Waals surface area contributed by atoms with Gasteiger partial charge in [0.1, 0.15) is 5.82 Å². The molecule has 128 valence electrons. The Morgan fingerprint density at radius 2 is 2.00 bits per heavy atom. The molecule has 0 aliphatic carbocycles. The number of halogens is 2. The van der Waals surface area contributed by atoms with Gasteiger partial charge in [0.25, 0.3) is 0 Å². The molecule has 9 heteroatoms. The summed E-state index contributed by atoms with van der Waals surface area (Å²) in [6.07, 6.45) is 0. The minimum absolute atomic E-state index is 0.273. The van der Waals surface area contributed by atoms with Crippen LogP contribution in [-0.2, 0) is 6.54 Å². The highest BCUT2D eigenvalue weighted by atomic mass is 35.5. The fraction of sp³-hybridized carbons (Fsp3) is 0.250. The molecule has 1 aromatic carbocycles. The van der Waals surface area contributed by atoms with E-state index in [4.69, 9.17) is 11.6 Å². The van der Waals surface area contributed by atoms with Gasteiger partial charge in [0, 0.05) is 17.3 Å². The lowest BCUT2D eigenvalue weighted by molar-refractivity contribution is 0.629. The summed E-state index contributed by atoms with van der Waals surface area (Å²) in [5.41, 5.74) is 3.20. The van der Waals surface area contributed by atoms with Crippen LogP contribution in [0.4, 0.5) is 4.39 Å². The van der Waals surface area contributed by atoms with Gasteiger partial charge in [-0.05, 0) is 39.0 Å². The predicted molar refractivity (Wildman–Crippen MR) is 95.4 cm³/mol. The van der Waals surface area contributed by atoms with Gasteiger partial charge in [0.2, 0.25) is 4.96 Å². The molecular formula is C16H14ClFN6S. The number of hydrogen-bond acceptors (Lipinski definition) is 5. The maximum Gasteiger partial charge on any atom is 0.235 e. The molecule has 0 atom stereocenters. The third-order valence-electron chi connectivity index (χ3n) is 4.06. The van der Waals surface area contributed by atoms with Gasteiger partial charge in [-0.25, -0.2) is 4.39 Å². The van der Waals surface area contributed by atoms with E-state index in [0.29, 0.717) is 15.8 Å². The summed E-state index contributed by atoms with van der Waals surface area (Å²) in [7, 11) is 0. The normalized spacial score (nSPS) is 11.6. The molecule has 0 aliphatic rings. The summed E-state index contributed by atoms with van der Waals surface area (Å²) < 4.78 is 17.7. The van der Waals surface area contributed by atoms with Crippen molar-refractivity contribution in [2.24, 2.45) is 0 Å². The first-order chi connectivity index (χ1) is 12.0. The maximum atomic E-state index is 14.2. The number of rotatable bonds is 3. The summed E-state index contributed by atoms with van der Waals surface area (Å²) in [5, 5.41) is 18.5.